The predicted octanol–water partition coefficient (Wildman–Crippen LogP) is 7.19. The van der Waals surface area contributed by atoms with Crippen LogP contribution in [-0.2, 0) is 10.2 Å². The van der Waals surface area contributed by atoms with Crippen molar-refractivity contribution in [3.8, 4) is 34.1 Å². The Kier molecular flexibility index (Phi) is 7.58. The van der Waals surface area contributed by atoms with E-state index in [1.807, 2.05) is 60.7 Å². The lowest BCUT2D eigenvalue weighted by molar-refractivity contribution is -0.131. The summed E-state index contributed by atoms with van der Waals surface area (Å²) < 4.78 is 21.0. The maximum absolute atomic E-state index is 12.3. The number of hydrogen-bond acceptors (Lipinski definition) is 6. The summed E-state index contributed by atoms with van der Waals surface area (Å²) in [6.45, 7) is 5.55. The second-order valence-corrected chi connectivity index (χ2v) is 8.97. The summed E-state index contributed by atoms with van der Waals surface area (Å²) in [4.78, 5) is 23.5. The van der Waals surface area contributed by atoms with Gasteiger partial charge < -0.3 is 18.9 Å². The van der Waals surface area contributed by atoms with E-state index in [-0.39, 0.29) is 11.4 Å². The van der Waals surface area contributed by atoms with Gasteiger partial charge in [0.1, 0.15) is 23.0 Å². The highest BCUT2D eigenvalue weighted by atomic mass is 16.7. The molecule has 0 fully saturated rings. The Morgan fingerprint density at radius 3 is 1.27 bits per heavy atom. The molecular formula is C31H28O6. The minimum atomic E-state index is -0.815. The van der Waals surface area contributed by atoms with Crippen LogP contribution in [0, 0.1) is 0 Å². The maximum Gasteiger partial charge on any atom is 0.519 e. The van der Waals surface area contributed by atoms with Crippen LogP contribution in [0.2, 0.25) is 0 Å². The van der Waals surface area contributed by atoms with Gasteiger partial charge in [-0.15, -0.1) is 0 Å². The molecule has 4 rings (SSSR count). The van der Waals surface area contributed by atoms with E-state index in [1.165, 1.54) is 6.92 Å². The number of methoxy groups -OCH3 is 1. The molecule has 0 radical (unpaired) electrons. The minimum absolute atomic E-state index is 0.320. The molecule has 188 valence electrons. The number of esters is 1. The number of benzene rings is 4. The molecule has 0 heterocycles. The van der Waals surface area contributed by atoms with Gasteiger partial charge in [-0.3, -0.25) is 4.79 Å². The van der Waals surface area contributed by atoms with Gasteiger partial charge in [-0.05, 0) is 70.8 Å². The smallest absolute Gasteiger partial charge is 0.497 e. The average molecular weight is 497 g/mol. The van der Waals surface area contributed by atoms with E-state index in [1.54, 1.807) is 43.5 Å². The zero-order valence-corrected chi connectivity index (χ0v) is 21.2. The highest BCUT2D eigenvalue weighted by molar-refractivity contribution is 5.70. The molecule has 0 N–H and O–H groups in total. The maximum atomic E-state index is 12.3. The Hall–Kier alpha value is -4.58. The fourth-order valence-corrected chi connectivity index (χ4v) is 3.92. The molecular weight excluding hydrogens is 468 g/mol. The molecule has 0 aromatic heterocycles. The minimum Gasteiger partial charge on any atom is -0.497 e. The molecule has 0 aliphatic heterocycles. The van der Waals surface area contributed by atoms with Crippen molar-refractivity contribution >= 4 is 12.1 Å². The topological polar surface area (TPSA) is 71.1 Å². The van der Waals surface area contributed by atoms with E-state index in [0.717, 1.165) is 28.0 Å². The average Bonchev–Trinajstić information content (AvgIpc) is 2.89. The first-order valence-corrected chi connectivity index (χ1v) is 11.8. The van der Waals surface area contributed by atoms with E-state index < -0.39 is 6.16 Å². The standard InChI is InChI=1S/C31H28O6/c1-21(32)35-27-17-9-24(10-18-27)31(2,3)25-11-19-29(20-12-25)37-30(33)36-28-15-7-23(8-16-28)22-5-13-26(34-4)14-6-22/h5-20H,1-4H3. The summed E-state index contributed by atoms with van der Waals surface area (Å²) in [6.07, 6.45) is -0.815. The lowest BCUT2D eigenvalue weighted by Crippen LogP contribution is -2.19. The highest BCUT2D eigenvalue weighted by Gasteiger charge is 2.23. The SMILES string of the molecule is COc1ccc(-c2ccc(OC(=O)Oc3ccc(C(C)(C)c4ccc(OC(C)=O)cc4)cc3)cc2)cc1. The summed E-state index contributed by atoms with van der Waals surface area (Å²) in [6, 6.07) is 29.6. The molecule has 0 amide bonds. The molecule has 0 aliphatic rings. The third-order valence-electron chi connectivity index (χ3n) is 6.09. The number of ether oxygens (including phenoxy) is 4. The molecule has 0 spiro atoms. The monoisotopic (exact) mass is 496 g/mol. The normalized spacial score (nSPS) is 10.9. The van der Waals surface area contributed by atoms with Crippen molar-refractivity contribution in [2.24, 2.45) is 0 Å². The van der Waals surface area contributed by atoms with Gasteiger partial charge in [0.2, 0.25) is 0 Å². The van der Waals surface area contributed by atoms with Gasteiger partial charge in [0, 0.05) is 12.3 Å². The number of hydrogen-bond donors (Lipinski definition) is 0. The Bertz CT molecular complexity index is 1350. The van der Waals surface area contributed by atoms with Gasteiger partial charge >= 0.3 is 12.1 Å². The van der Waals surface area contributed by atoms with Crippen LogP contribution in [0.3, 0.4) is 0 Å². The first-order chi connectivity index (χ1) is 17.7. The molecule has 0 aliphatic carbocycles. The van der Waals surface area contributed by atoms with Crippen molar-refractivity contribution in [2.75, 3.05) is 7.11 Å². The summed E-state index contributed by atoms with van der Waals surface area (Å²) in [5.74, 6) is 1.70. The highest BCUT2D eigenvalue weighted by Crippen LogP contribution is 2.33. The second-order valence-electron chi connectivity index (χ2n) is 8.97. The number of carbonyl (C=O) groups excluding carboxylic acids is 2. The van der Waals surface area contributed by atoms with Gasteiger partial charge in [0.25, 0.3) is 0 Å². The third kappa shape index (κ3) is 6.35. The molecule has 0 atom stereocenters. The molecule has 0 saturated carbocycles. The van der Waals surface area contributed by atoms with Crippen LogP contribution in [0.25, 0.3) is 11.1 Å². The van der Waals surface area contributed by atoms with E-state index in [0.29, 0.717) is 17.2 Å². The van der Waals surface area contributed by atoms with Crippen molar-refractivity contribution in [1.82, 2.24) is 0 Å². The van der Waals surface area contributed by atoms with Crippen LogP contribution in [-0.4, -0.2) is 19.2 Å². The first kappa shape index (κ1) is 25.5. The third-order valence-corrected chi connectivity index (χ3v) is 6.09. The van der Waals surface area contributed by atoms with E-state index in [4.69, 9.17) is 18.9 Å². The Morgan fingerprint density at radius 1 is 0.541 bits per heavy atom. The van der Waals surface area contributed by atoms with Crippen molar-refractivity contribution < 1.29 is 28.5 Å². The summed E-state index contributed by atoms with van der Waals surface area (Å²) in [5.41, 5.74) is 3.78. The van der Waals surface area contributed by atoms with Crippen molar-refractivity contribution in [1.29, 1.82) is 0 Å². The van der Waals surface area contributed by atoms with Crippen molar-refractivity contribution in [3.63, 3.8) is 0 Å². The molecule has 6 nitrogen and oxygen atoms in total. The summed E-state index contributed by atoms with van der Waals surface area (Å²) >= 11 is 0. The lowest BCUT2D eigenvalue weighted by Gasteiger charge is -2.26. The van der Waals surface area contributed by atoms with E-state index >= 15 is 0 Å². The van der Waals surface area contributed by atoms with Crippen LogP contribution < -0.4 is 18.9 Å². The Balaban J connectivity index is 1.36. The fourth-order valence-electron chi connectivity index (χ4n) is 3.92. The Labute approximate surface area is 216 Å². The molecule has 0 bridgehead atoms. The van der Waals surface area contributed by atoms with Gasteiger partial charge in [-0.2, -0.15) is 0 Å². The van der Waals surface area contributed by atoms with Gasteiger partial charge in [0.05, 0.1) is 7.11 Å². The molecule has 0 saturated heterocycles. The van der Waals surface area contributed by atoms with Crippen LogP contribution in [0.15, 0.2) is 97.1 Å². The molecule has 4 aromatic carbocycles. The van der Waals surface area contributed by atoms with Crippen LogP contribution in [0.1, 0.15) is 31.9 Å². The number of rotatable bonds is 7. The molecule has 6 heteroatoms. The predicted molar refractivity (Wildman–Crippen MR) is 141 cm³/mol. The van der Waals surface area contributed by atoms with Gasteiger partial charge in [-0.1, -0.05) is 62.4 Å². The zero-order chi connectivity index (χ0) is 26.4. The number of carbonyl (C=O) groups is 2. The lowest BCUT2D eigenvalue weighted by atomic mass is 9.78. The van der Waals surface area contributed by atoms with Crippen molar-refractivity contribution in [2.45, 2.75) is 26.2 Å². The quantitative estimate of drug-likeness (QED) is 0.153. The van der Waals surface area contributed by atoms with Crippen LogP contribution in [0.4, 0.5) is 4.79 Å². The molecule has 0 unspecified atom stereocenters. The summed E-state index contributed by atoms with van der Waals surface area (Å²) in [5, 5.41) is 0. The van der Waals surface area contributed by atoms with Crippen LogP contribution in [0.5, 0.6) is 23.0 Å². The molecule has 4 aromatic rings. The van der Waals surface area contributed by atoms with Gasteiger partial charge in [0.15, 0.2) is 0 Å². The van der Waals surface area contributed by atoms with Gasteiger partial charge in [-0.25, -0.2) is 4.79 Å². The van der Waals surface area contributed by atoms with Crippen molar-refractivity contribution in [3.05, 3.63) is 108 Å². The Morgan fingerprint density at radius 2 is 0.892 bits per heavy atom. The second kappa shape index (κ2) is 11.0. The zero-order valence-electron chi connectivity index (χ0n) is 21.2. The van der Waals surface area contributed by atoms with Crippen LogP contribution >= 0.6 is 0 Å². The summed E-state index contributed by atoms with van der Waals surface area (Å²) in [7, 11) is 1.63. The largest absolute Gasteiger partial charge is 0.519 e. The van der Waals surface area contributed by atoms with E-state index in [9.17, 15) is 9.59 Å². The fraction of sp³-hybridized carbons (Fsp3) is 0.161. The van der Waals surface area contributed by atoms with E-state index in [2.05, 4.69) is 13.8 Å². The molecule has 37 heavy (non-hydrogen) atoms. The first-order valence-electron chi connectivity index (χ1n) is 11.8.